The lowest BCUT2D eigenvalue weighted by molar-refractivity contribution is 0.0600. The number of amides is 1. The highest BCUT2D eigenvalue weighted by molar-refractivity contribution is 6.04. The summed E-state index contributed by atoms with van der Waals surface area (Å²) in [5, 5.41) is 2.85. The topological polar surface area (TPSA) is 71.5 Å². The first-order chi connectivity index (χ1) is 12.7. The summed E-state index contributed by atoms with van der Waals surface area (Å²) in [6.45, 7) is 1.96. The molecule has 1 N–H and O–H groups in total. The summed E-state index contributed by atoms with van der Waals surface area (Å²) in [6, 6.07) is 10.2. The minimum Gasteiger partial charge on any atom is -0.465 e. The molecule has 1 amide bonds. The number of nitrogens with one attached hydrogen (secondary N) is 1. The van der Waals surface area contributed by atoms with Crippen LogP contribution < -0.4 is 10.2 Å². The van der Waals surface area contributed by atoms with E-state index >= 15 is 0 Å². The van der Waals surface area contributed by atoms with Gasteiger partial charge in [-0.05, 0) is 49.2 Å². The molecule has 1 aromatic carbocycles. The average Bonchev–Trinajstić information content (AvgIpc) is 2.97. The quantitative estimate of drug-likeness (QED) is 0.852. The number of carbonyl (C=O) groups is 2. The van der Waals surface area contributed by atoms with Gasteiger partial charge in [0.2, 0.25) is 0 Å². The molecule has 0 atom stereocenters. The second-order valence-electron chi connectivity index (χ2n) is 6.33. The lowest BCUT2D eigenvalue weighted by Crippen LogP contribution is -2.25. The molecule has 1 aliphatic rings. The zero-order chi connectivity index (χ0) is 18.4. The van der Waals surface area contributed by atoms with Crippen LogP contribution in [0.15, 0.2) is 42.6 Å². The van der Waals surface area contributed by atoms with E-state index in [1.165, 1.54) is 20.0 Å². The Hall–Kier alpha value is -2.89. The number of carbonyl (C=O) groups excluding carboxylic acids is 2. The molecule has 6 nitrogen and oxygen atoms in total. The molecule has 26 heavy (non-hydrogen) atoms. The number of esters is 1. The highest BCUT2D eigenvalue weighted by atomic mass is 16.5. The Morgan fingerprint density at radius 3 is 2.35 bits per heavy atom. The Bertz CT molecular complexity index is 766. The standard InChI is InChI=1S/C20H23N3O3/c1-26-20(25)15-6-8-17(9-7-15)22-19(24)16-10-11-21-18(14-16)23-12-4-2-3-5-13-23/h6-11,14H,2-5,12-13H2,1H3,(H,22,24). The number of ether oxygens (including phenoxy) is 1. The molecule has 0 spiro atoms. The second kappa shape index (κ2) is 8.47. The van der Waals surface area contributed by atoms with Crippen molar-refractivity contribution in [3.05, 3.63) is 53.7 Å². The van der Waals surface area contributed by atoms with Crippen LogP contribution in [0.3, 0.4) is 0 Å². The van der Waals surface area contributed by atoms with Gasteiger partial charge < -0.3 is 15.0 Å². The van der Waals surface area contributed by atoms with Crippen molar-refractivity contribution in [2.24, 2.45) is 0 Å². The van der Waals surface area contributed by atoms with Crippen molar-refractivity contribution in [3.8, 4) is 0 Å². The zero-order valence-electron chi connectivity index (χ0n) is 14.9. The largest absolute Gasteiger partial charge is 0.465 e. The van der Waals surface area contributed by atoms with Crippen LogP contribution in [0.25, 0.3) is 0 Å². The maximum absolute atomic E-state index is 12.5. The molecular weight excluding hydrogens is 330 g/mol. The maximum Gasteiger partial charge on any atom is 0.337 e. The summed E-state index contributed by atoms with van der Waals surface area (Å²) in [7, 11) is 1.34. The summed E-state index contributed by atoms with van der Waals surface area (Å²) >= 11 is 0. The van der Waals surface area contributed by atoms with Gasteiger partial charge in [0.15, 0.2) is 0 Å². The first-order valence-electron chi connectivity index (χ1n) is 8.88. The second-order valence-corrected chi connectivity index (χ2v) is 6.33. The fraction of sp³-hybridized carbons (Fsp3) is 0.350. The van der Waals surface area contributed by atoms with Crippen LogP contribution in [0.4, 0.5) is 11.5 Å². The molecule has 136 valence electrons. The fourth-order valence-corrected chi connectivity index (χ4v) is 3.04. The first kappa shape index (κ1) is 17.9. The van der Waals surface area contributed by atoms with Crippen molar-refractivity contribution in [1.29, 1.82) is 0 Å². The summed E-state index contributed by atoms with van der Waals surface area (Å²) in [4.78, 5) is 30.7. The van der Waals surface area contributed by atoms with Gasteiger partial charge in [-0.3, -0.25) is 4.79 Å². The van der Waals surface area contributed by atoms with Gasteiger partial charge in [0.1, 0.15) is 5.82 Å². The van der Waals surface area contributed by atoms with Crippen LogP contribution in [0.2, 0.25) is 0 Å². The van der Waals surface area contributed by atoms with Crippen molar-refractivity contribution < 1.29 is 14.3 Å². The lowest BCUT2D eigenvalue weighted by atomic mass is 10.2. The molecule has 1 aromatic heterocycles. The average molecular weight is 353 g/mol. The molecule has 0 radical (unpaired) electrons. The van der Waals surface area contributed by atoms with E-state index in [9.17, 15) is 9.59 Å². The first-order valence-corrected chi connectivity index (χ1v) is 8.88. The number of rotatable bonds is 4. The van der Waals surface area contributed by atoms with Gasteiger partial charge in [0.25, 0.3) is 5.91 Å². The Morgan fingerprint density at radius 1 is 1.00 bits per heavy atom. The minimum atomic E-state index is -0.404. The summed E-state index contributed by atoms with van der Waals surface area (Å²) < 4.78 is 4.67. The fourth-order valence-electron chi connectivity index (χ4n) is 3.04. The van der Waals surface area contributed by atoms with Crippen LogP contribution >= 0.6 is 0 Å². The van der Waals surface area contributed by atoms with Crippen molar-refractivity contribution in [3.63, 3.8) is 0 Å². The molecule has 0 saturated carbocycles. The molecule has 0 bridgehead atoms. The third kappa shape index (κ3) is 4.39. The number of hydrogen-bond acceptors (Lipinski definition) is 5. The number of aromatic nitrogens is 1. The highest BCUT2D eigenvalue weighted by Gasteiger charge is 2.14. The van der Waals surface area contributed by atoms with Crippen LogP contribution in [0, 0.1) is 0 Å². The summed E-state index contributed by atoms with van der Waals surface area (Å²) in [6.07, 6.45) is 6.49. The van der Waals surface area contributed by atoms with Gasteiger partial charge in [-0.1, -0.05) is 12.8 Å². The van der Waals surface area contributed by atoms with E-state index in [0.29, 0.717) is 16.8 Å². The molecule has 1 aliphatic heterocycles. The van der Waals surface area contributed by atoms with E-state index in [4.69, 9.17) is 0 Å². The van der Waals surface area contributed by atoms with E-state index in [2.05, 4.69) is 19.9 Å². The minimum absolute atomic E-state index is 0.200. The van der Waals surface area contributed by atoms with Gasteiger partial charge in [0, 0.05) is 30.5 Å². The summed E-state index contributed by atoms with van der Waals surface area (Å²) in [5.41, 5.74) is 1.63. The van der Waals surface area contributed by atoms with Gasteiger partial charge in [-0.25, -0.2) is 9.78 Å². The molecule has 6 heteroatoms. The predicted molar refractivity (Wildman–Crippen MR) is 101 cm³/mol. The monoisotopic (exact) mass is 353 g/mol. The van der Waals surface area contributed by atoms with Crippen molar-refractivity contribution in [2.45, 2.75) is 25.7 Å². The van der Waals surface area contributed by atoms with E-state index in [1.807, 2.05) is 6.07 Å². The zero-order valence-corrected chi connectivity index (χ0v) is 14.9. The SMILES string of the molecule is COC(=O)c1ccc(NC(=O)c2ccnc(N3CCCCCC3)c2)cc1. The van der Waals surface area contributed by atoms with Gasteiger partial charge in [-0.15, -0.1) is 0 Å². The van der Waals surface area contributed by atoms with Crippen molar-refractivity contribution in [2.75, 3.05) is 30.4 Å². The lowest BCUT2D eigenvalue weighted by Gasteiger charge is -2.21. The van der Waals surface area contributed by atoms with Gasteiger partial charge in [-0.2, -0.15) is 0 Å². The van der Waals surface area contributed by atoms with Crippen LogP contribution in [0.5, 0.6) is 0 Å². The number of benzene rings is 1. The van der Waals surface area contributed by atoms with E-state index in [0.717, 1.165) is 31.7 Å². The number of hydrogen-bond donors (Lipinski definition) is 1. The predicted octanol–water partition coefficient (Wildman–Crippen LogP) is 3.50. The van der Waals surface area contributed by atoms with Crippen LogP contribution in [0.1, 0.15) is 46.4 Å². The number of pyridine rings is 1. The molecule has 0 unspecified atom stereocenters. The van der Waals surface area contributed by atoms with Crippen molar-refractivity contribution in [1.82, 2.24) is 4.98 Å². The molecule has 1 fully saturated rings. The Labute approximate surface area is 153 Å². The number of anilines is 2. The molecule has 1 saturated heterocycles. The number of methoxy groups -OCH3 is 1. The molecule has 2 heterocycles. The smallest absolute Gasteiger partial charge is 0.337 e. The van der Waals surface area contributed by atoms with E-state index < -0.39 is 5.97 Å². The Morgan fingerprint density at radius 2 is 1.69 bits per heavy atom. The van der Waals surface area contributed by atoms with E-state index in [1.54, 1.807) is 36.5 Å². The van der Waals surface area contributed by atoms with Crippen LogP contribution in [-0.2, 0) is 4.74 Å². The van der Waals surface area contributed by atoms with Gasteiger partial charge >= 0.3 is 5.97 Å². The van der Waals surface area contributed by atoms with Gasteiger partial charge in [0.05, 0.1) is 12.7 Å². The third-order valence-electron chi connectivity index (χ3n) is 4.50. The highest BCUT2D eigenvalue weighted by Crippen LogP contribution is 2.19. The normalized spacial score (nSPS) is 14.4. The van der Waals surface area contributed by atoms with Crippen LogP contribution in [-0.4, -0.2) is 37.1 Å². The Balaban J connectivity index is 1.69. The molecule has 0 aliphatic carbocycles. The molecule has 2 aromatic rings. The summed E-state index contributed by atoms with van der Waals surface area (Å²) in [5.74, 6) is 0.244. The molecular formula is C20H23N3O3. The third-order valence-corrected chi connectivity index (χ3v) is 4.50. The van der Waals surface area contributed by atoms with Crippen molar-refractivity contribution >= 4 is 23.4 Å². The maximum atomic E-state index is 12.5. The number of nitrogens with zero attached hydrogens (tertiary/aromatic N) is 2. The van der Waals surface area contributed by atoms with E-state index in [-0.39, 0.29) is 5.91 Å². The Kier molecular flexibility index (Phi) is 5.84. The molecule has 3 rings (SSSR count).